The molecule has 0 amide bonds. The summed E-state index contributed by atoms with van der Waals surface area (Å²) >= 11 is 0. The molecule has 1 aliphatic heterocycles. The molecule has 2 atom stereocenters. The fourth-order valence-electron chi connectivity index (χ4n) is 3.85. The summed E-state index contributed by atoms with van der Waals surface area (Å²) in [5, 5.41) is 0.0609. The van der Waals surface area contributed by atoms with Crippen molar-refractivity contribution >= 4 is 22.7 Å². The van der Waals surface area contributed by atoms with Gasteiger partial charge in [0.15, 0.2) is 23.3 Å². The van der Waals surface area contributed by atoms with E-state index in [1.807, 2.05) is 0 Å². The molecule has 148 valence electrons. The first-order valence-electron chi connectivity index (χ1n) is 8.92. The predicted octanol–water partition coefficient (Wildman–Crippen LogP) is 7.00. The standard InChI is InChI=1S/C22H22F4P2/c1-12-13(2)21(4,28-14(12)3)11-22(27,15-5-7-17(23)19(25)9-15)16-6-8-18(24)20(26)10-16/h5-10H,11,27H2,1-4H3. The van der Waals surface area contributed by atoms with Crippen molar-refractivity contribution in [3.8, 4) is 0 Å². The summed E-state index contributed by atoms with van der Waals surface area (Å²) in [7, 11) is 3.82. The molecule has 0 bridgehead atoms. The number of hydrogen-bond donors (Lipinski definition) is 0. The average molecular weight is 424 g/mol. The summed E-state index contributed by atoms with van der Waals surface area (Å²) in [6.45, 7) is 8.33. The fourth-order valence-corrected chi connectivity index (χ4v) is 6.52. The maximum atomic E-state index is 14.0. The highest BCUT2D eigenvalue weighted by Crippen LogP contribution is 2.54. The van der Waals surface area contributed by atoms with Crippen LogP contribution in [0.3, 0.4) is 0 Å². The highest BCUT2D eigenvalue weighted by atomic mass is 31.1. The van der Waals surface area contributed by atoms with Gasteiger partial charge in [0.1, 0.15) is 0 Å². The topological polar surface area (TPSA) is 0 Å². The maximum absolute atomic E-state index is 14.0. The van der Waals surface area contributed by atoms with E-state index in [0.29, 0.717) is 17.5 Å². The van der Waals surface area contributed by atoms with Crippen LogP contribution in [0.5, 0.6) is 0 Å². The van der Waals surface area contributed by atoms with Crippen LogP contribution < -0.4 is 0 Å². The van der Waals surface area contributed by atoms with Gasteiger partial charge in [-0.25, -0.2) is 17.6 Å². The van der Waals surface area contributed by atoms with Crippen molar-refractivity contribution in [3.05, 3.63) is 81.9 Å². The van der Waals surface area contributed by atoms with Crippen molar-refractivity contribution in [1.82, 2.24) is 0 Å². The Morgan fingerprint density at radius 2 is 1.32 bits per heavy atom. The Kier molecular flexibility index (Phi) is 5.60. The lowest BCUT2D eigenvalue weighted by molar-refractivity contribution is 0.494. The third-order valence-corrected chi connectivity index (χ3v) is 8.35. The Morgan fingerprint density at radius 1 is 0.857 bits per heavy atom. The fraction of sp³-hybridized carbons (Fsp3) is 0.318. The molecule has 28 heavy (non-hydrogen) atoms. The van der Waals surface area contributed by atoms with Crippen LogP contribution in [0.1, 0.15) is 45.2 Å². The Balaban J connectivity index is 2.20. The lowest BCUT2D eigenvalue weighted by Crippen LogP contribution is -2.31. The molecule has 0 aliphatic carbocycles. The van der Waals surface area contributed by atoms with Gasteiger partial charge in [0.25, 0.3) is 0 Å². The van der Waals surface area contributed by atoms with Gasteiger partial charge in [-0.15, -0.1) is 9.24 Å². The van der Waals surface area contributed by atoms with Gasteiger partial charge < -0.3 is 0 Å². The lowest BCUT2D eigenvalue weighted by atomic mass is 9.79. The van der Waals surface area contributed by atoms with E-state index in [1.165, 1.54) is 28.6 Å². The van der Waals surface area contributed by atoms with Gasteiger partial charge in [0, 0.05) is 10.3 Å². The summed E-state index contributed by atoms with van der Waals surface area (Å²) in [6.07, 6.45) is 0.503. The molecule has 3 rings (SSSR count). The second kappa shape index (κ2) is 7.39. The van der Waals surface area contributed by atoms with E-state index in [-0.39, 0.29) is 5.16 Å². The Hall–Kier alpha value is -1.50. The highest BCUT2D eigenvalue weighted by Gasteiger charge is 2.42. The maximum Gasteiger partial charge on any atom is 0.159 e. The SMILES string of the molecule is CC1=PC(C)(CC(P)(c2ccc(F)c(F)c2)c2ccc(F)c(F)c2)C(C)=C1C. The van der Waals surface area contributed by atoms with Gasteiger partial charge in [-0.2, -0.15) is 0 Å². The van der Waals surface area contributed by atoms with Crippen LogP contribution in [0.4, 0.5) is 17.6 Å². The zero-order valence-corrected chi connectivity index (χ0v) is 18.3. The molecule has 0 N–H and O–H groups in total. The van der Waals surface area contributed by atoms with Gasteiger partial charge in [0.2, 0.25) is 0 Å². The molecule has 0 radical (unpaired) electrons. The van der Waals surface area contributed by atoms with Crippen molar-refractivity contribution in [2.24, 2.45) is 0 Å². The van der Waals surface area contributed by atoms with E-state index in [4.69, 9.17) is 0 Å². The van der Waals surface area contributed by atoms with Crippen LogP contribution in [0.15, 0.2) is 47.5 Å². The number of rotatable bonds is 4. The number of hydrogen-bond acceptors (Lipinski definition) is 0. The van der Waals surface area contributed by atoms with Gasteiger partial charge in [-0.05, 0) is 80.4 Å². The Bertz CT molecular complexity index is 958. The molecule has 2 unspecified atom stereocenters. The molecule has 0 saturated carbocycles. The summed E-state index contributed by atoms with van der Waals surface area (Å²) in [5.41, 5.74) is 3.43. The monoisotopic (exact) mass is 424 g/mol. The first kappa shape index (κ1) is 21.2. The summed E-state index contributed by atoms with van der Waals surface area (Å²) in [5.74, 6) is -3.81. The second-order valence-corrected chi connectivity index (χ2v) is 10.5. The van der Waals surface area contributed by atoms with Crippen LogP contribution in [0.25, 0.3) is 0 Å². The molecule has 0 fully saturated rings. The van der Waals surface area contributed by atoms with E-state index in [0.717, 1.165) is 32.5 Å². The Labute approximate surface area is 167 Å². The molecule has 0 saturated heterocycles. The third-order valence-electron chi connectivity index (χ3n) is 5.82. The largest absolute Gasteiger partial charge is 0.204 e. The lowest BCUT2D eigenvalue weighted by Gasteiger charge is -2.38. The van der Waals surface area contributed by atoms with E-state index in [2.05, 4.69) is 36.9 Å². The van der Waals surface area contributed by atoms with Crippen LogP contribution in [-0.4, -0.2) is 10.4 Å². The molecule has 0 aromatic heterocycles. The molecule has 1 aliphatic rings. The van der Waals surface area contributed by atoms with E-state index in [1.54, 1.807) is 0 Å². The second-order valence-electron chi connectivity index (χ2n) is 7.63. The van der Waals surface area contributed by atoms with Gasteiger partial charge in [-0.1, -0.05) is 25.9 Å². The minimum Gasteiger partial charge on any atom is -0.204 e. The van der Waals surface area contributed by atoms with Crippen LogP contribution >= 0.6 is 17.4 Å². The first-order chi connectivity index (χ1) is 13.0. The van der Waals surface area contributed by atoms with Gasteiger partial charge in [-0.3, -0.25) is 0 Å². The van der Waals surface area contributed by atoms with Gasteiger partial charge >= 0.3 is 0 Å². The predicted molar refractivity (Wildman–Crippen MR) is 112 cm³/mol. The van der Waals surface area contributed by atoms with Crippen LogP contribution in [0.2, 0.25) is 0 Å². The zero-order valence-electron chi connectivity index (χ0n) is 16.2. The molecule has 6 heteroatoms. The minimum atomic E-state index is -0.966. The zero-order chi connectivity index (χ0) is 20.9. The number of allylic oxidation sites excluding steroid dienone is 2. The van der Waals surface area contributed by atoms with E-state index >= 15 is 0 Å². The molecule has 0 nitrogen and oxygen atoms in total. The molecular formula is C22H22F4P2. The number of benzene rings is 2. The van der Waals surface area contributed by atoms with Crippen LogP contribution in [0, 0.1) is 23.3 Å². The summed E-state index contributed by atoms with van der Waals surface area (Å²) < 4.78 is 55.2. The van der Waals surface area contributed by atoms with E-state index < -0.39 is 28.4 Å². The van der Waals surface area contributed by atoms with Crippen molar-refractivity contribution < 1.29 is 17.6 Å². The molecule has 2 aromatic carbocycles. The third kappa shape index (κ3) is 3.58. The quantitative estimate of drug-likeness (QED) is 0.366. The molecule has 2 aromatic rings. The minimum absolute atomic E-state index is 0.272. The van der Waals surface area contributed by atoms with E-state index in [9.17, 15) is 17.6 Å². The van der Waals surface area contributed by atoms with Crippen molar-refractivity contribution in [2.75, 3.05) is 0 Å². The average Bonchev–Trinajstić information content (AvgIpc) is 2.82. The normalized spacial score (nSPS) is 20.5. The van der Waals surface area contributed by atoms with Crippen LogP contribution in [-0.2, 0) is 5.16 Å². The van der Waals surface area contributed by atoms with Crippen molar-refractivity contribution in [2.45, 2.75) is 44.4 Å². The van der Waals surface area contributed by atoms with Gasteiger partial charge in [0.05, 0.1) is 0 Å². The molecule has 1 heterocycles. The molecule has 0 spiro atoms. The molecular weight excluding hydrogens is 402 g/mol. The number of halogens is 4. The first-order valence-corrected chi connectivity index (χ1v) is 10.4. The Morgan fingerprint density at radius 3 is 1.68 bits per heavy atom. The summed E-state index contributed by atoms with van der Waals surface area (Å²) in [6, 6.07) is 7.43. The smallest absolute Gasteiger partial charge is 0.159 e. The van der Waals surface area contributed by atoms with Crippen molar-refractivity contribution in [3.63, 3.8) is 0 Å². The summed E-state index contributed by atoms with van der Waals surface area (Å²) in [4.78, 5) is 0. The van der Waals surface area contributed by atoms with Crippen molar-refractivity contribution in [1.29, 1.82) is 0 Å². The highest BCUT2D eigenvalue weighted by molar-refractivity contribution is 7.44.